The number of ether oxygens (including phenoxy) is 2. The van der Waals surface area contributed by atoms with Gasteiger partial charge in [0.2, 0.25) is 0 Å². The second-order valence-electron chi connectivity index (χ2n) is 4.59. The van der Waals surface area contributed by atoms with Gasteiger partial charge in [-0.15, -0.1) is 0 Å². The molecule has 98 valence electrons. The summed E-state index contributed by atoms with van der Waals surface area (Å²) in [6, 6.07) is 8.04. The van der Waals surface area contributed by atoms with E-state index in [1.807, 2.05) is 12.1 Å². The van der Waals surface area contributed by atoms with Gasteiger partial charge < -0.3 is 9.47 Å². The van der Waals surface area contributed by atoms with Crippen molar-refractivity contribution in [1.82, 2.24) is 4.90 Å². The Balaban J connectivity index is 1.89. The molecule has 1 unspecified atom stereocenters. The molecule has 1 atom stereocenters. The Kier molecular flexibility index (Phi) is 4.20. The van der Waals surface area contributed by atoms with Gasteiger partial charge in [-0.05, 0) is 30.7 Å². The van der Waals surface area contributed by atoms with Crippen molar-refractivity contribution >= 4 is 5.97 Å². The fourth-order valence-corrected chi connectivity index (χ4v) is 2.32. The number of benzene rings is 1. The number of esters is 1. The van der Waals surface area contributed by atoms with Crippen LogP contribution < -0.4 is 4.74 Å². The smallest absolute Gasteiger partial charge is 0.310 e. The van der Waals surface area contributed by atoms with Gasteiger partial charge in [0.1, 0.15) is 5.75 Å². The van der Waals surface area contributed by atoms with Gasteiger partial charge >= 0.3 is 5.97 Å². The van der Waals surface area contributed by atoms with Crippen LogP contribution >= 0.6 is 0 Å². The van der Waals surface area contributed by atoms with Gasteiger partial charge in [-0.25, -0.2) is 0 Å². The molecule has 0 aromatic heterocycles. The van der Waals surface area contributed by atoms with Gasteiger partial charge in [0.25, 0.3) is 0 Å². The van der Waals surface area contributed by atoms with Crippen LogP contribution in [0.3, 0.4) is 0 Å². The van der Waals surface area contributed by atoms with Crippen molar-refractivity contribution in [2.75, 3.05) is 27.3 Å². The molecular formula is C14H19NO3. The summed E-state index contributed by atoms with van der Waals surface area (Å²) in [7, 11) is 3.12. The Morgan fingerprint density at radius 1 is 1.33 bits per heavy atom. The van der Waals surface area contributed by atoms with E-state index >= 15 is 0 Å². The lowest BCUT2D eigenvalue weighted by Crippen LogP contribution is -2.23. The minimum absolute atomic E-state index is 0.0354. The van der Waals surface area contributed by atoms with Gasteiger partial charge in [0, 0.05) is 13.1 Å². The quantitative estimate of drug-likeness (QED) is 0.761. The number of carbonyl (C=O) groups excluding carboxylic acids is 1. The monoisotopic (exact) mass is 249 g/mol. The molecule has 0 aliphatic carbocycles. The van der Waals surface area contributed by atoms with Crippen molar-refractivity contribution in [1.29, 1.82) is 0 Å². The van der Waals surface area contributed by atoms with Crippen LogP contribution in [0.4, 0.5) is 0 Å². The van der Waals surface area contributed by atoms with Crippen LogP contribution in [-0.4, -0.2) is 38.2 Å². The first-order chi connectivity index (χ1) is 8.72. The molecule has 1 aromatic rings. The highest BCUT2D eigenvalue weighted by molar-refractivity contribution is 5.72. The van der Waals surface area contributed by atoms with E-state index in [0.29, 0.717) is 0 Å². The first-order valence-electron chi connectivity index (χ1n) is 6.16. The number of likely N-dealkylation sites (tertiary alicyclic amines) is 1. The molecule has 0 spiro atoms. The number of hydrogen-bond acceptors (Lipinski definition) is 4. The number of rotatable bonds is 4. The summed E-state index contributed by atoms with van der Waals surface area (Å²) in [5, 5.41) is 0. The normalized spacial score (nSPS) is 19.8. The summed E-state index contributed by atoms with van der Waals surface area (Å²) in [4.78, 5) is 13.7. The lowest BCUT2D eigenvalue weighted by molar-refractivity contribution is -0.144. The van der Waals surface area contributed by atoms with Crippen molar-refractivity contribution < 1.29 is 14.3 Å². The number of carbonyl (C=O) groups is 1. The summed E-state index contributed by atoms with van der Waals surface area (Å²) < 4.78 is 9.91. The second kappa shape index (κ2) is 5.87. The Morgan fingerprint density at radius 3 is 2.67 bits per heavy atom. The number of nitrogens with zero attached hydrogens (tertiary/aromatic N) is 1. The lowest BCUT2D eigenvalue weighted by atomic mass is 10.1. The summed E-state index contributed by atoms with van der Waals surface area (Å²) >= 11 is 0. The Labute approximate surface area is 107 Å². The maximum absolute atomic E-state index is 11.4. The van der Waals surface area contributed by atoms with Crippen LogP contribution in [0.2, 0.25) is 0 Å². The van der Waals surface area contributed by atoms with E-state index in [-0.39, 0.29) is 11.9 Å². The van der Waals surface area contributed by atoms with Gasteiger partial charge in [0.15, 0.2) is 0 Å². The highest BCUT2D eigenvalue weighted by Gasteiger charge is 2.28. The fourth-order valence-electron chi connectivity index (χ4n) is 2.32. The highest BCUT2D eigenvalue weighted by atomic mass is 16.5. The standard InChI is InChI=1S/C14H19NO3/c1-17-13-5-3-11(4-6-13)9-15-8-7-12(10-15)14(16)18-2/h3-6,12H,7-10H2,1-2H3. The Bertz CT molecular complexity index is 402. The van der Waals surface area contributed by atoms with E-state index < -0.39 is 0 Å². The third-order valence-corrected chi connectivity index (χ3v) is 3.37. The van der Waals surface area contributed by atoms with E-state index in [4.69, 9.17) is 9.47 Å². The van der Waals surface area contributed by atoms with Crippen LogP contribution in [0.15, 0.2) is 24.3 Å². The molecule has 1 heterocycles. The molecule has 4 nitrogen and oxygen atoms in total. The summed E-state index contributed by atoms with van der Waals surface area (Å²) in [6.07, 6.45) is 0.892. The average Bonchev–Trinajstić information content (AvgIpc) is 2.87. The van der Waals surface area contributed by atoms with Crippen molar-refractivity contribution in [2.45, 2.75) is 13.0 Å². The van der Waals surface area contributed by atoms with Crippen LogP contribution in [0.1, 0.15) is 12.0 Å². The van der Waals surface area contributed by atoms with E-state index in [2.05, 4.69) is 17.0 Å². The summed E-state index contributed by atoms with van der Waals surface area (Å²) in [5.41, 5.74) is 1.24. The van der Waals surface area contributed by atoms with Gasteiger partial charge in [0.05, 0.1) is 20.1 Å². The summed E-state index contributed by atoms with van der Waals surface area (Å²) in [6.45, 7) is 2.61. The largest absolute Gasteiger partial charge is 0.497 e. The van der Waals surface area contributed by atoms with E-state index in [1.165, 1.54) is 12.7 Å². The molecule has 1 fully saturated rings. The molecule has 0 N–H and O–H groups in total. The molecule has 2 rings (SSSR count). The lowest BCUT2D eigenvalue weighted by Gasteiger charge is -2.15. The van der Waals surface area contributed by atoms with Crippen molar-refractivity contribution in [3.05, 3.63) is 29.8 Å². The third kappa shape index (κ3) is 3.01. The van der Waals surface area contributed by atoms with Crippen molar-refractivity contribution in [3.63, 3.8) is 0 Å². The second-order valence-corrected chi connectivity index (χ2v) is 4.59. The molecule has 0 amide bonds. The average molecular weight is 249 g/mol. The van der Waals surface area contributed by atoms with Gasteiger partial charge in [-0.2, -0.15) is 0 Å². The molecular weight excluding hydrogens is 230 g/mol. The minimum atomic E-state index is -0.0905. The minimum Gasteiger partial charge on any atom is -0.497 e. The molecule has 0 radical (unpaired) electrons. The van der Waals surface area contributed by atoms with E-state index in [1.54, 1.807) is 7.11 Å². The molecule has 1 aliphatic heterocycles. The Morgan fingerprint density at radius 2 is 2.06 bits per heavy atom. The predicted octanol–water partition coefficient (Wildman–Crippen LogP) is 1.69. The maximum Gasteiger partial charge on any atom is 0.310 e. The SMILES string of the molecule is COC(=O)C1CCN(Cc2ccc(OC)cc2)C1. The topological polar surface area (TPSA) is 38.8 Å². The van der Waals surface area contributed by atoms with Crippen LogP contribution in [-0.2, 0) is 16.1 Å². The predicted molar refractivity (Wildman–Crippen MR) is 68.4 cm³/mol. The zero-order chi connectivity index (χ0) is 13.0. The van der Waals surface area contributed by atoms with Gasteiger partial charge in [-0.1, -0.05) is 12.1 Å². The molecule has 1 aromatic carbocycles. The highest BCUT2D eigenvalue weighted by Crippen LogP contribution is 2.20. The first-order valence-corrected chi connectivity index (χ1v) is 6.16. The number of methoxy groups -OCH3 is 2. The zero-order valence-corrected chi connectivity index (χ0v) is 10.9. The van der Waals surface area contributed by atoms with E-state index in [0.717, 1.165) is 31.8 Å². The van der Waals surface area contributed by atoms with Crippen molar-refractivity contribution in [2.24, 2.45) is 5.92 Å². The molecule has 1 aliphatic rings. The van der Waals surface area contributed by atoms with Crippen molar-refractivity contribution in [3.8, 4) is 5.75 Å². The third-order valence-electron chi connectivity index (χ3n) is 3.37. The molecule has 0 bridgehead atoms. The van der Waals surface area contributed by atoms with Crippen LogP contribution in [0.5, 0.6) is 5.75 Å². The molecule has 0 saturated carbocycles. The van der Waals surface area contributed by atoms with E-state index in [9.17, 15) is 4.79 Å². The molecule has 18 heavy (non-hydrogen) atoms. The zero-order valence-electron chi connectivity index (χ0n) is 10.9. The Hall–Kier alpha value is -1.55. The number of hydrogen-bond donors (Lipinski definition) is 0. The molecule has 1 saturated heterocycles. The molecule has 4 heteroatoms. The van der Waals surface area contributed by atoms with Crippen LogP contribution in [0.25, 0.3) is 0 Å². The first kappa shape index (κ1) is 12.9. The van der Waals surface area contributed by atoms with Gasteiger partial charge in [-0.3, -0.25) is 9.69 Å². The fraction of sp³-hybridized carbons (Fsp3) is 0.500. The summed E-state index contributed by atoms with van der Waals surface area (Å²) in [5.74, 6) is 0.813. The van der Waals surface area contributed by atoms with Crippen LogP contribution in [0, 0.1) is 5.92 Å². The maximum atomic E-state index is 11.4.